The Morgan fingerprint density at radius 1 is 1.32 bits per heavy atom. The van der Waals surface area contributed by atoms with Crippen LogP contribution in [0.15, 0.2) is 46.8 Å². The van der Waals surface area contributed by atoms with E-state index in [1.807, 2.05) is 0 Å². The SMILES string of the molecule is CCOC(=O)C1=C(C)NC2=C(C(=O)[C@@H](C(=O)OC)[C@@H](C)C2)[C@@H]1c1cccc([N+](=O)[O-])c1. The zero-order valence-electron chi connectivity index (χ0n) is 17.8. The molecule has 0 spiro atoms. The summed E-state index contributed by atoms with van der Waals surface area (Å²) in [6.45, 7) is 5.27. The molecular formula is C22H24N2O7. The molecule has 0 amide bonds. The van der Waals surface area contributed by atoms with Gasteiger partial charge >= 0.3 is 11.9 Å². The second-order valence-corrected chi connectivity index (χ2v) is 7.61. The number of ketones is 1. The summed E-state index contributed by atoms with van der Waals surface area (Å²) in [5.74, 6) is -3.97. The maximum Gasteiger partial charge on any atom is 0.336 e. The molecule has 0 radical (unpaired) electrons. The molecule has 3 atom stereocenters. The number of ether oxygens (including phenoxy) is 2. The number of allylic oxidation sites excluding steroid dienone is 3. The van der Waals surface area contributed by atoms with Crippen molar-refractivity contribution >= 4 is 23.4 Å². The number of hydrogen-bond acceptors (Lipinski definition) is 8. The van der Waals surface area contributed by atoms with E-state index in [1.165, 1.54) is 25.3 Å². The molecule has 1 aliphatic heterocycles. The summed E-state index contributed by atoms with van der Waals surface area (Å²) in [6.07, 6.45) is 0.389. The summed E-state index contributed by atoms with van der Waals surface area (Å²) >= 11 is 0. The van der Waals surface area contributed by atoms with Gasteiger partial charge in [0.15, 0.2) is 5.78 Å². The van der Waals surface area contributed by atoms with Gasteiger partial charge in [0.2, 0.25) is 0 Å². The van der Waals surface area contributed by atoms with Crippen molar-refractivity contribution in [1.82, 2.24) is 5.32 Å². The predicted molar refractivity (Wildman–Crippen MR) is 110 cm³/mol. The number of benzene rings is 1. The number of methoxy groups -OCH3 is 1. The number of non-ortho nitro benzene ring substituents is 1. The first-order valence-electron chi connectivity index (χ1n) is 9.95. The number of Topliss-reactive ketones (excluding diaryl/α,β-unsaturated/α-hetero) is 1. The number of nitro groups is 1. The van der Waals surface area contributed by atoms with Crippen LogP contribution in [0, 0.1) is 22.0 Å². The molecule has 1 aromatic rings. The van der Waals surface area contributed by atoms with Crippen LogP contribution in [0.25, 0.3) is 0 Å². The Hall–Kier alpha value is -3.49. The molecule has 9 nitrogen and oxygen atoms in total. The molecule has 0 saturated carbocycles. The molecule has 1 N–H and O–H groups in total. The van der Waals surface area contributed by atoms with Gasteiger partial charge in [0, 0.05) is 35.0 Å². The Bertz CT molecular complexity index is 1020. The largest absolute Gasteiger partial charge is 0.468 e. The van der Waals surface area contributed by atoms with Crippen molar-refractivity contribution in [2.75, 3.05) is 13.7 Å². The summed E-state index contributed by atoms with van der Waals surface area (Å²) in [5.41, 5.74) is 1.76. The third kappa shape index (κ3) is 3.95. The second-order valence-electron chi connectivity index (χ2n) is 7.61. The quantitative estimate of drug-likeness (QED) is 0.328. The minimum Gasteiger partial charge on any atom is -0.468 e. The Morgan fingerprint density at radius 2 is 2.03 bits per heavy atom. The average Bonchev–Trinajstić information content (AvgIpc) is 2.72. The smallest absolute Gasteiger partial charge is 0.336 e. The number of nitro benzene ring substituents is 1. The first kappa shape index (κ1) is 22.2. The molecule has 0 bridgehead atoms. The van der Waals surface area contributed by atoms with Gasteiger partial charge in [-0.05, 0) is 31.7 Å². The number of rotatable bonds is 5. The van der Waals surface area contributed by atoms with Gasteiger partial charge in [0.1, 0.15) is 5.92 Å². The van der Waals surface area contributed by atoms with E-state index in [9.17, 15) is 24.5 Å². The molecule has 2 aliphatic rings. The molecule has 0 saturated heterocycles. The van der Waals surface area contributed by atoms with Gasteiger partial charge in [-0.2, -0.15) is 0 Å². The van der Waals surface area contributed by atoms with Crippen LogP contribution in [0.1, 0.15) is 38.7 Å². The summed E-state index contributed by atoms with van der Waals surface area (Å²) in [7, 11) is 1.22. The molecule has 164 valence electrons. The average molecular weight is 428 g/mol. The normalized spacial score (nSPS) is 23.1. The Kier molecular flexibility index (Phi) is 6.24. The molecule has 1 heterocycles. The third-order valence-electron chi connectivity index (χ3n) is 5.65. The Morgan fingerprint density at radius 3 is 2.65 bits per heavy atom. The fraction of sp³-hybridized carbons (Fsp3) is 0.409. The van der Waals surface area contributed by atoms with Crippen molar-refractivity contribution in [3.63, 3.8) is 0 Å². The van der Waals surface area contributed by atoms with Crippen LogP contribution in [-0.2, 0) is 23.9 Å². The Balaban J connectivity index is 2.22. The molecule has 9 heteroatoms. The van der Waals surface area contributed by atoms with Crippen LogP contribution in [0.5, 0.6) is 0 Å². The molecule has 0 aromatic heterocycles. The van der Waals surface area contributed by atoms with E-state index in [4.69, 9.17) is 9.47 Å². The Labute approximate surface area is 179 Å². The second kappa shape index (κ2) is 8.71. The van der Waals surface area contributed by atoms with E-state index >= 15 is 0 Å². The van der Waals surface area contributed by atoms with E-state index in [0.717, 1.165) is 0 Å². The minimum absolute atomic E-state index is 0.124. The van der Waals surface area contributed by atoms with Gasteiger partial charge in [-0.3, -0.25) is 19.7 Å². The van der Waals surface area contributed by atoms with Gasteiger partial charge in [0.25, 0.3) is 5.69 Å². The van der Waals surface area contributed by atoms with Crippen molar-refractivity contribution in [3.05, 3.63) is 62.5 Å². The van der Waals surface area contributed by atoms with E-state index in [1.54, 1.807) is 26.8 Å². The maximum absolute atomic E-state index is 13.5. The zero-order chi connectivity index (χ0) is 22.9. The fourth-order valence-corrected chi connectivity index (χ4v) is 4.31. The van der Waals surface area contributed by atoms with Crippen molar-refractivity contribution in [2.45, 2.75) is 33.1 Å². The lowest BCUT2D eigenvalue weighted by Crippen LogP contribution is -2.43. The monoisotopic (exact) mass is 428 g/mol. The highest BCUT2D eigenvalue weighted by molar-refractivity contribution is 6.12. The molecule has 0 fully saturated rings. The zero-order valence-corrected chi connectivity index (χ0v) is 17.8. The highest BCUT2D eigenvalue weighted by Gasteiger charge is 2.47. The lowest BCUT2D eigenvalue weighted by molar-refractivity contribution is -0.384. The standard InChI is InChI=1S/C22H24N2O7/c1-5-31-22(27)17-12(3)23-15-9-11(2)16(21(26)30-4)20(25)19(15)18(17)13-7-6-8-14(10-13)24(28)29/h6-8,10-11,16,18,23H,5,9H2,1-4H3/t11-,16-,18+/m0/s1. The summed E-state index contributed by atoms with van der Waals surface area (Å²) in [4.78, 5) is 49.5. The molecule has 1 aliphatic carbocycles. The highest BCUT2D eigenvalue weighted by Crippen LogP contribution is 2.45. The van der Waals surface area contributed by atoms with Crippen LogP contribution in [-0.4, -0.2) is 36.4 Å². The first-order valence-corrected chi connectivity index (χ1v) is 9.95. The lowest BCUT2D eigenvalue weighted by Gasteiger charge is -2.38. The molecule has 31 heavy (non-hydrogen) atoms. The molecular weight excluding hydrogens is 404 g/mol. The van der Waals surface area contributed by atoms with E-state index in [2.05, 4.69) is 5.32 Å². The summed E-state index contributed by atoms with van der Waals surface area (Å²) in [6, 6.07) is 5.80. The number of carbonyl (C=O) groups is 3. The van der Waals surface area contributed by atoms with Gasteiger partial charge in [-0.1, -0.05) is 19.1 Å². The molecule has 3 rings (SSSR count). The number of dihydropyridines is 1. The van der Waals surface area contributed by atoms with E-state index in [-0.39, 0.29) is 29.4 Å². The van der Waals surface area contributed by atoms with Gasteiger partial charge in [0.05, 0.1) is 24.2 Å². The van der Waals surface area contributed by atoms with Gasteiger partial charge < -0.3 is 14.8 Å². The molecule has 0 unspecified atom stereocenters. The van der Waals surface area contributed by atoms with Crippen LogP contribution < -0.4 is 5.32 Å². The number of hydrogen-bond donors (Lipinski definition) is 1. The van der Waals surface area contributed by atoms with Crippen molar-refractivity contribution < 1.29 is 28.8 Å². The number of nitrogens with one attached hydrogen (secondary N) is 1. The van der Waals surface area contributed by atoms with Gasteiger partial charge in [-0.25, -0.2) is 4.79 Å². The topological polar surface area (TPSA) is 125 Å². The summed E-state index contributed by atoms with van der Waals surface area (Å²) in [5, 5.41) is 14.5. The number of esters is 2. The van der Waals surface area contributed by atoms with Gasteiger partial charge in [-0.15, -0.1) is 0 Å². The van der Waals surface area contributed by atoms with Crippen LogP contribution in [0.4, 0.5) is 5.69 Å². The highest BCUT2D eigenvalue weighted by atomic mass is 16.6. The predicted octanol–water partition coefficient (Wildman–Crippen LogP) is 2.77. The van der Waals surface area contributed by atoms with Crippen LogP contribution in [0.3, 0.4) is 0 Å². The van der Waals surface area contributed by atoms with E-state index in [0.29, 0.717) is 23.4 Å². The fourth-order valence-electron chi connectivity index (χ4n) is 4.31. The minimum atomic E-state index is -1.02. The van der Waals surface area contributed by atoms with Crippen molar-refractivity contribution in [1.29, 1.82) is 0 Å². The number of carbonyl (C=O) groups excluding carboxylic acids is 3. The maximum atomic E-state index is 13.5. The van der Waals surface area contributed by atoms with Crippen molar-refractivity contribution in [2.24, 2.45) is 11.8 Å². The lowest BCUT2D eigenvalue weighted by atomic mass is 9.69. The van der Waals surface area contributed by atoms with Crippen LogP contribution in [0.2, 0.25) is 0 Å². The summed E-state index contributed by atoms with van der Waals surface area (Å²) < 4.78 is 10.1. The van der Waals surface area contributed by atoms with E-state index < -0.39 is 34.5 Å². The molecule has 1 aromatic carbocycles. The third-order valence-corrected chi connectivity index (χ3v) is 5.65. The number of nitrogens with zero attached hydrogens (tertiary/aromatic N) is 1. The van der Waals surface area contributed by atoms with Crippen LogP contribution >= 0.6 is 0 Å². The van der Waals surface area contributed by atoms with Crippen molar-refractivity contribution in [3.8, 4) is 0 Å². The first-order chi connectivity index (χ1) is 14.7.